The monoisotopic (exact) mass is 497 g/mol. The van der Waals surface area contributed by atoms with Crippen molar-refractivity contribution in [3.8, 4) is 17.4 Å². The Kier molecular flexibility index (Phi) is 5.59. The molecule has 5 rings (SSSR count). The van der Waals surface area contributed by atoms with Crippen LogP contribution < -0.4 is 10.1 Å². The smallest absolute Gasteiger partial charge is 0.405 e. The molecule has 0 bridgehead atoms. The van der Waals surface area contributed by atoms with Crippen LogP contribution in [0.25, 0.3) is 11.5 Å². The minimum Gasteiger partial charge on any atom is -0.474 e. The highest BCUT2D eigenvalue weighted by molar-refractivity contribution is 6.29. The van der Waals surface area contributed by atoms with Gasteiger partial charge in [0.05, 0.1) is 5.54 Å². The lowest BCUT2D eigenvalue weighted by Gasteiger charge is -2.26. The number of pyridine rings is 1. The summed E-state index contributed by atoms with van der Waals surface area (Å²) in [6.45, 7) is 4.60. The Hall–Kier alpha value is -3.73. The van der Waals surface area contributed by atoms with E-state index < -0.39 is 11.6 Å². The summed E-state index contributed by atoms with van der Waals surface area (Å²) >= 11 is 6.17. The minimum absolute atomic E-state index is 0.0757. The number of aromatic nitrogens is 5. The van der Waals surface area contributed by atoms with Gasteiger partial charge in [-0.2, -0.15) is 5.10 Å². The molecule has 11 nitrogen and oxygen atoms in total. The van der Waals surface area contributed by atoms with Crippen LogP contribution in [-0.4, -0.2) is 65.9 Å². The van der Waals surface area contributed by atoms with Crippen molar-refractivity contribution in [2.24, 2.45) is 18.9 Å². The fraction of sp³-hybridized carbons (Fsp3) is 0.391. The zero-order valence-electron chi connectivity index (χ0n) is 19.3. The van der Waals surface area contributed by atoms with Gasteiger partial charge >= 0.3 is 6.09 Å². The van der Waals surface area contributed by atoms with Gasteiger partial charge in [0.15, 0.2) is 5.82 Å². The van der Waals surface area contributed by atoms with Crippen LogP contribution in [0.3, 0.4) is 0 Å². The second-order valence-corrected chi connectivity index (χ2v) is 9.69. The number of carbonyl (C=O) groups excluding carboxylic acids is 1. The number of amides is 2. The van der Waals surface area contributed by atoms with Crippen molar-refractivity contribution in [1.29, 1.82) is 0 Å². The molecule has 4 heterocycles. The Bertz CT molecular complexity index is 1280. The highest BCUT2D eigenvalue weighted by Gasteiger charge is 2.59. The van der Waals surface area contributed by atoms with Gasteiger partial charge < -0.3 is 20.1 Å². The maximum atomic E-state index is 13.1. The van der Waals surface area contributed by atoms with E-state index in [2.05, 4.69) is 25.4 Å². The van der Waals surface area contributed by atoms with Crippen molar-refractivity contribution in [2.45, 2.75) is 25.5 Å². The topological polar surface area (TPSA) is 135 Å². The first-order chi connectivity index (χ1) is 16.6. The number of rotatable bonds is 6. The largest absolute Gasteiger partial charge is 0.474 e. The average Bonchev–Trinajstić information content (AvgIpc) is 3.14. The summed E-state index contributed by atoms with van der Waals surface area (Å²) in [5.74, 6) is 1.09. The number of hydrogen-bond acceptors (Lipinski definition) is 7. The number of halogens is 1. The fourth-order valence-electron chi connectivity index (χ4n) is 4.56. The second kappa shape index (κ2) is 8.49. The number of carbonyl (C=O) groups is 2. The molecule has 1 saturated carbocycles. The van der Waals surface area contributed by atoms with Crippen LogP contribution in [0.4, 0.5) is 4.79 Å². The summed E-state index contributed by atoms with van der Waals surface area (Å²) in [7, 11) is 1.73. The number of carboxylic acid groups (broad SMARTS) is 1. The van der Waals surface area contributed by atoms with E-state index in [0.717, 1.165) is 0 Å². The maximum Gasteiger partial charge on any atom is 0.405 e. The number of ether oxygens (including phenoxy) is 1. The van der Waals surface area contributed by atoms with Crippen LogP contribution in [0.2, 0.25) is 5.15 Å². The molecule has 1 unspecified atom stereocenters. The Labute approximate surface area is 206 Å². The van der Waals surface area contributed by atoms with Crippen LogP contribution in [0, 0.1) is 11.8 Å². The van der Waals surface area contributed by atoms with Gasteiger partial charge in [-0.3, -0.25) is 9.48 Å². The number of nitrogens with zero attached hydrogens (tertiary/aromatic N) is 6. The van der Waals surface area contributed by atoms with Gasteiger partial charge in [-0.05, 0) is 31.5 Å². The highest BCUT2D eigenvalue weighted by atomic mass is 35.5. The fourth-order valence-corrected chi connectivity index (χ4v) is 4.76. The molecule has 3 aromatic heterocycles. The molecule has 182 valence electrons. The first-order valence-electron chi connectivity index (χ1n) is 11.1. The van der Waals surface area contributed by atoms with E-state index in [-0.39, 0.29) is 29.0 Å². The Morgan fingerprint density at radius 3 is 2.51 bits per heavy atom. The lowest BCUT2D eigenvalue weighted by atomic mass is 9.95. The molecule has 3 atom stereocenters. The van der Waals surface area contributed by atoms with Crippen LogP contribution in [-0.2, 0) is 12.6 Å². The quantitative estimate of drug-likeness (QED) is 0.496. The van der Waals surface area contributed by atoms with Gasteiger partial charge in [-0.1, -0.05) is 11.6 Å². The van der Waals surface area contributed by atoms with E-state index in [1.165, 1.54) is 0 Å². The van der Waals surface area contributed by atoms with Gasteiger partial charge in [0.25, 0.3) is 5.91 Å². The third kappa shape index (κ3) is 4.51. The first-order valence-corrected chi connectivity index (χ1v) is 11.5. The van der Waals surface area contributed by atoms with Crippen molar-refractivity contribution >= 4 is 23.6 Å². The standard InChI is InChI=1S/C23H24ClN7O4/c1-23(2,28-22(33)34)12-7-17(24)27-18(8-12)35-19-13-10-31(11-14(13)19)21(32)16-9-15(29-30(16)3)20-25-5-4-6-26-20/h4-9,13-14,19,28H,10-11H2,1-3H3,(H,33,34)/t13-,14+,19?. The lowest BCUT2D eigenvalue weighted by Crippen LogP contribution is -2.40. The molecule has 3 aromatic rings. The Morgan fingerprint density at radius 2 is 1.86 bits per heavy atom. The van der Waals surface area contributed by atoms with Crippen LogP contribution in [0.5, 0.6) is 5.88 Å². The molecule has 0 radical (unpaired) electrons. The average molecular weight is 498 g/mol. The van der Waals surface area contributed by atoms with Crippen LogP contribution >= 0.6 is 11.6 Å². The van der Waals surface area contributed by atoms with Gasteiger partial charge in [0.2, 0.25) is 5.88 Å². The normalized spacial score (nSPS) is 20.9. The molecule has 2 aliphatic rings. The molecule has 1 aliphatic heterocycles. The number of piperidine rings is 1. The number of likely N-dealkylation sites (tertiary alicyclic amines) is 1. The van der Waals surface area contributed by atoms with E-state index in [1.807, 2.05) is 0 Å². The number of fused-ring (bicyclic) bond motifs is 1. The van der Waals surface area contributed by atoms with Crippen molar-refractivity contribution in [3.05, 3.63) is 53.1 Å². The van der Waals surface area contributed by atoms with Gasteiger partial charge in [-0.15, -0.1) is 0 Å². The van der Waals surface area contributed by atoms with Crippen molar-refractivity contribution < 1.29 is 19.4 Å². The molecule has 1 aliphatic carbocycles. The molecule has 2 fully saturated rings. The third-order valence-electron chi connectivity index (χ3n) is 6.46. The molecule has 0 spiro atoms. The SMILES string of the molecule is Cn1nc(-c2ncccn2)cc1C(=O)N1C[C@@H]2C(Oc3cc(C(C)(C)NC(=O)O)cc(Cl)n3)[C@@H]2C1. The molecule has 2 amide bonds. The summed E-state index contributed by atoms with van der Waals surface area (Å²) in [4.78, 5) is 38.7. The van der Waals surface area contributed by atoms with Crippen molar-refractivity contribution in [3.63, 3.8) is 0 Å². The van der Waals surface area contributed by atoms with Crippen LogP contribution in [0.15, 0.2) is 36.7 Å². The molecule has 0 aromatic carbocycles. The zero-order chi connectivity index (χ0) is 24.9. The summed E-state index contributed by atoms with van der Waals surface area (Å²) in [5.41, 5.74) is 0.795. The predicted molar refractivity (Wildman–Crippen MR) is 125 cm³/mol. The summed E-state index contributed by atoms with van der Waals surface area (Å²) < 4.78 is 7.64. The zero-order valence-corrected chi connectivity index (χ0v) is 20.1. The summed E-state index contributed by atoms with van der Waals surface area (Å²) in [6, 6.07) is 6.74. The number of nitrogens with one attached hydrogen (secondary N) is 1. The van der Waals surface area contributed by atoms with E-state index in [0.29, 0.717) is 41.7 Å². The van der Waals surface area contributed by atoms with E-state index >= 15 is 0 Å². The van der Waals surface area contributed by atoms with E-state index in [1.54, 1.807) is 67.1 Å². The van der Waals surface area contributed by atoms with E-state index in [4.69, 9.17) is 21.4 Å². The molecule has 2 N–H and O–H groups in total. The van der Waals surface area contributed by atoms with Gasteiger partial charge in [0.1, 0.15) is 22.6 Å². The molecule has 35 heavy (non-hydrogen) atoms. The summed E-state index contributed by atoms with van der Waals surface area (Å²) in [6.07, 6.45) is 2.05. The second-order valence-electron chi connectivity index (χ2n) is 9.30. The molecule has 12 heteroatoms. The van der Waals surface area contributed by atoms with E-state index in [9.17, 15) is 9.59 Å². The van der Waals surface area contributed by atoms with Gasteiger partial charge in [-0.25, -0.2) is 19.7 Å². The predicted octanol–water partition coefficient (Wildman–Crippen LogP) is 2.58. The first kappa shape index (κ1) is 23.0. The number of aryl methyl sites for hydroxylation is 1. The van der Waals surface area contributed by atoms with Gasteiger partial charge in [0, 0.05) is 56.5 Å². The molecular weight excluding hydrogens is 474 g/mol. The Balaban J connectivity index is 1.23. The third-order valence-corrected chi connectivity index (χ3v) is 6.66. The molecule has 1 saturated heterocycles. The maximum absolute atomic E-state index is 13.1. The number of hydrogen-bond donors (Lipinski definition) is 2. The summed E-state index contributed by atoms with van der Waals surface area (Å²) in [5, 5.41) is 16.2. The minimum atomic E-state index is -1.14. The highest BCUT2D eigenvalue weighted by Crippen LogP contribution is 2.48. The Morgan fingerprint density at radius 1 is 1.17 bits per heavy atom. The van der Waals surface area contributed by atoms with Crippen molar-refractivity contribution in [1.82, 2.24) is 34.9 Å². The molecular formula is C23H24ClN7O4. The van der Waals surface area contributed by atoms with Crippen LogP contribution in [0.1, 0.15) is 29.9 Å². The van der Waals surface area contributed by atoms with Crippen molar-refractivity contribution in [2.75, 3.05) is 13.1 Å². The lowest BCUT2D eigenvalue weighted by molar-refractivity contribution is 0.0740.